The fraction of sp³-hybridized carbons (Fsp3) is 0.136. The van der Waals surface area contributed by atoms with E-state index < -0.39 is 5.54 Å². The third-order valence-corrected chi connectivity index (χ3v) is 5.25. The second kappa shape index (κ2) is 8.51. The number of anilines is 2. The summed E-state index contributed by atoms with van der Waals surface area (Å²) in [4.78, 5) is 28.2. The zero-order chi connectivity index (χ0) is 19.7. The van der Waals surface area contributed by atoms with Crippen LogP contribution in [-0.4, -0.2) is 11.8 Å². The second-order valence-corrected chi connectivity index (χ2v) is 7.25. The summed E-state index contributed by atoms with van der Waals surface area (Å²) in [5, 5.41) is 3.52. The topological polar surface area (TPSA) is 53.3 Å². The minimum Gasteiger partial charge on any atom is -1.00 e. The molecule has 1 N–H and O–H groups in total. The minimum absolute atomic E-state index is 0. The van der Waals surface area contributed by atoms with Gasteiger partial charge in [0.25, 0.3) is 11.8 Å². The molecule has 3 aromatic rings. The Morgan fingerprint density at radius 2 is 1.69 bits per heavy atom. The fourth-order valence-electron chi connectivity index (χ4n) is 3.62. The van der Waals surface area contributed by atoms with Crippen LogP contribution in [0.5, 0.6) is 0 Å². The molecule has 0 aliphatic carbocycles. The summed E-state index contributed by atoms with van der Waals surface area (Å²) in [5.41, 5.74) is 0.808. The number of para-hydroxylation sites is 1. The van der Waals surface area contributed by atoms with E-state index in [1.54, 1.807) is 36.1 Å². The van der Waals surface area contributed by atoms with Gasteiger partial charge >= 0.3 is 0 Å². The van der Waals surface area contributed by atoms with Crippen LogP contribution >= 0.6 is 11.6 Å². The summed E-state index contributed by atoms with van der Waals surface area (Å²) in [6.07, 6.45) is 1.82. The highest BCUT2D eigenvalue weighted by atomic mass is 127. The highest BCUT2D eigenvalue weighted by Crippen LogP contribution is 2.35. The Morgan fingerprint density at radius 3 is 2.38 bits per heavy atom. The number of pyridine rings is 1. The lowest BCUT2D eigenvalue weighted by atomic mass is 9.89. The molecule has 1 aliphatic rings. The molecule has 2 amide bonds. The molecule has 29 heavy (non-hydrogen) atoms. The molecule has 0 saturated carbocycles. The monoisotopic (exact) mass is 519 g/mol. The van der Waals surface area contributed by atoms with Crippen LogP contribution in [0.1, 0.15) is 12.6 Å². The Bertz CT molecular complexity index is 1040. The van der Waals surface area contributed by atoms with Crippen molar-refractivity contribution in [3.8, 4) is 0 Å². The summed E-state index contributed by atoms with van der Waals surface area (Å²) in [6, 6.07) is 21.8. The average molecular weight is 520 g/mol. The van der Waals surface area contributed by atoms with E-state index in [1.165, 1.54) is 0 Å². The molecule has 5 nitrogen and oxygen atoms in total. The molecular weight excluding hydrogens is 501 g/mol. The van der Waals surface area contributed by atoms with Gasteiger partial charge in [0.1, 0.15) is 0 Å². The van der Waals surface area contributed by atoms with Crippen molar-refractivity contribution in [1.29, 1.82) is 0 Å². The maximum absolute atomic E-state index is 13.5. The van der Waals surface area contributed by atoms with E-state index in [0.717, 1.165) is 5.69 Å². The Kier molecular flexibility index (Phi) is 6.24. The van der Waals surface area contributed by atoms with Gasteiger partial charge in [-0.2, -0.15) is 4.57 Å². The molecule has 0 radical (unpaired) electrons. The first-order valence-corrected chi connectivity index (χ1v) is 9.32. The third-order valence-electron chi connectivity index (χ3n) is 5.00. The number of hydrogen-bond donors (Lipinski definition) is 1. The molecule has 0 bridgehead atoms. The lowest BCUT2D eigenvalue weighted by Crippen LogP contribution is -3.00. The van der Waals surface area contributed by atoms with Gasteiger partial charge in [-0.05, 0) is 43.3 Å². The summed E-state index contributed by atoms with van der Waals surface area (Å²) in [5.74, 6) is -0.449. The van der Waals surface area contributed by atoms with Crippen LogP contribution in [0.25, 0.3) is 0 Å². The van der Waals surface area contributed by atoms with Crippen LogP contribution in [0.3, 0.4) is 0 Å². The highest BCUT2D eigenvalue weighted by molar-refractivity contribution is 6.30. The van der Waals surface area contributed by atoms with Crippen LogP contribution in [0.4, 0.5) is 11.4 Å². The molecule has 1 unspecified atom stereocenters. The number of fused-ring (bicyclic) bond motifs is 1. The Balaban J connectivity index is 0.00000240. The number of nitrogens with one attached hydrogen (secondary N) is 1. The van der Waals surface area contributed by atoms with Gasteiger partial charge < -0.3 is 29.3 Å². The van der Waals surface area contributed by atoms with Crippen molar-refractivity contribution >= 4 is 34.8 Å². The van der Waals surface area contributed by atoms with Crippen molar-refractivity contribution < 1.29 is 38.1 Å². The molecule has 148 valence electrons. The third kappa shape index (κ3) is 3.86. The first-order chi connectivity index (χ1) is 13.5. The van der Waals surface area contributed by atoms with Crippen molar-refractivity contribution in [3.63, 3.8) is 0 Å². The van der Waals surface area contributed by atoms with Gasteiger partial charge in [-0.25, -0.2) is 0 Å². The van der Waals surface area contributed by atoms with Crippen LogP contribution < -0.4 is 38.8 Å². The lowest BCUT2D eigenvalue weighted by Gasteiger charge is -2.40. The first kappa shape index (κ1) is 21.3. The molecule has 7 heteroatoms. The van der Waals surface area contributed by atoms with Gasteiger partial charge in [0.2, 0.25) is 17.8 Å². The van der Waals surface area contributed by atoms with Crippen LogP contribution in [0.15, 0.2) is 79.0 Å². The summed E-state index contributed by atoms with van der Waals surface area (Å²) < 4.78 is 1.82. The maximum Gasteiger partial charge on any atom is 0.294 e. The van der Waals surface area contributed by atoms with Crippen molar-refractivity contribution in [1.82, 2.24) is 0 Å². The predicted octanol–water partition coefficient (Wildman–Crippen LogP) is 0.532. The van der Waals surface area contributed by atoms with Crippen molar-refractivity contribution in [2.75, 3.05) is 10.2 Å². The SMILES string of the molecule is CC1(C(=O)Nc2ccc(Cl)cc2)c2cccc[n+]2CC(=O)N1c1ccccc1.[I-]. The predicted molar refractivity (Wildman–Crippen MR) is 108 cm³/mol. The summed E-state index contributed by atoms with van der Waals surface area (Å²) >= 11 is 5.94. The highest BCUT2D eigenvalue weighted by Gasteiger charge is 2.54. The average Bonchev–Trinajstić information content (AvgIpc) is 2.70. The van der Waals surface area contributed by atoms with E-state index in [2.05, 4.69) is 5.32 Å². The molecule has 2 heterocycles. The molecule has 1 aromatic heterocycles. The molecule has 0 fully saturated rings. The number of aromatic nitrogens is 1. The number of carbonyl (C=O) groups is 2. The molecule has 0 spiro atoms. The van der Waals surface area contributed by atoms with Crippen LogP contribution in [-0.2, 0) is 21.7 Å². The minimum atomic E-state index is -1.22. The van der Waals surface area contributed by atoms with Crippen molar-refractivity contribution in [2.24, 2.45) is 0 Å². The quantitative estimate of drug-likeness (QED) is 0.406. The number of hydrogen-bond acceptors (Lipinski definition) is 2. The largest absolute Gasteiger partial charge is 1.00 e. The van der Waals surface area contributed by atoms with Crippen LogP contribution in [0.2, 0.25) is 5.02 Å². The zero-order valence-corrected chi connectivity index (χ0v) is 18.6. The van der Waals surface area contributed by atoms with Gasteiger partial charge in [0, 0.05) is 28.5 Å². The summed E-state index contributed by atoms with van der Waals surface area (Å²) in [6.45, 7) is 1.95. The number of halogens is 2. The zero-order valence-electron chi connectivity index (χ0n) is 15.7. The van der Waals surface area contributed by atoms with Gasteiger partial charge in [0.15, 0.2) is 6.20 Å². The maximum atomic E-state index is 13.5. The number of benzene rings is 2. The Hall–Kier alpha value is -2.45. The van der Waals surface area contributed by atoms with Crippen LogP contribution in [0, 0.1) is 0 Å². The van der Waals surface area contributed by atoms with Gasteiger partial charge in [-0.15, -0.1) is 0 Å². The van der Waals surface area contributed by atoms with Gasteiger partial charge in [0.05, 0.1) is 0 Å². The van der Waals surface area contributed by atoms with Gasteiger partial charge in [-0.1, -0.05) is 35.9 Å². The first-order valence-electron chi connectivity index (χ1n) is 8.94. The number of carbonyl (C=O) groups excluding carboxylic acids is 2. The Morgan fingerprint density at radius 1 is 1.03 bits per heavy atom. The molecule has 1 atom stereocenters. The van der Waals surface area contributed by atoms with Gasteiger partial charge in [-0.3, -0.25) is 14.5 Å². The van der Waals surface area contributed by atoms with E-state index in [1.807, 2.05) is 59.3 Å². The van der Waals surface area contributed by atoms with E-state index >= 15 is 0 Å². The number of rotatable bonds is 3. The summed E-state index contributed by atoms with van der Waals surface area (Å²) in [7, 11) is 0. The van der Waals surface area contributed by atoms with E-state index in [-0.39, 0.29) is 42.3 Å². The number of amides is 2. The molecular formula is C22H19ClIN3O2. The smallest absolute Gasteiger partial charge is 0.294 e. The lowest BCUT2D eigenvalue weighted by molar-refractivity contribution is -0.697. The van der Waals surface area contributed by atoms with E-state index in [9.17, 15) is 9.59 Å². The van der Waals surface area contributed by atoms with Crippen molar-refractivity contribution in [3.05, 3.63) is 89.7 Å². The number of nitrogens with zero attached hydrogens (tertiary/aromatic N) is 2. The second-order valence-electron chi connectivity index (χ2n) is 6.81. The standard InChI is InChI=1S/C22H18ClN3O2.HI/c1-22(21(28)24-17-12-10-16(23)11-13-17)19-9-5-6-14-25(19)15-20(27)26(22)18-7-3-2-4-8-18;/h2-14H,15H2,1H3;1H. The fourth-order valence-corrected chi connectivity index (χ4v) is 3.75. The molecule has 4 rings (SSSR count). The van der Waals surface area contributed by atoms with E-state index in [4.69, 9.17) is 11.6 Å². The molecule has 0 saturated heterocycles. The normalized spacial score (nSPS) is 17.9. The van der Waals surface area contributed by atoms with E-state index in [0.29, 0.717) is 16.4 Å². The Labute approximate surface area is 191 Å². The van der Waals surface area contributed by atoms with Crippen molar-refractivity contribution in [2.45, 2.75) is 19.0 Å². The molecule has 1 aliphatic heterocycles. The molecule has 2 aromatic carbocycles.